The summed E-state index contributed by atoms with van der Waals surface area (Å²) in [5.41, 5.74) is 2.83. The van der Waals surface area contributed by atoms with Crippen molar-refractivity contribution >= 4 is 5.91 Å². The van der Waals surface area contributed by atoms with Gasteiger partial charge in [0.15, 0.2) is 0 Å². The summed E-state index contributed by atoms with van der Waals surface area (Å²) in [6.07, 6.45) is -0.602. The average molecular weight is 287 g/mol. The van der Waals surface area contributed by atoms with Crippen molar-refractivity contribution in [1.82, 2.24) is 5.48 Å². The Kier molecular flexibility index (Phi) is 5.17. The minimum Gasteiger partial charge on any atom is -0.497 e. The largest absolute Gasteiger partial charge is 0.497 e. The maximum atomic E-state index is 11.9. The Bertz CT molecular complexity index is 569. The molecule has 0 aliphatic heterocycles. The summed E-state index contributed by atoms with van der Waals surface area (Å²) in [5, 5.41) is 0. The van der Waals surface area contributed by atoms with Gasteiger partial charge in [-0.15, -0.1) is 0 Å². The number of hydroxylamine groups is 1. The van der Waals surface area contributed by atoms with Crippen LogP contribution in [0, 0.1) is 0 Å². The lowest BCUT2D eigenvalue weighted by Crippen LogP contribution is -2.31. The second kappa shape index (κ2) is 7.31. The molecule has 0 aliphatic carbocycles. The number of benzene rings is 2. The SMILES string of the molecule is COc1ccc(C(=O)NOC(C)Oc2ccccc2)cc1. The van der Waals surface area contributed by atoms with Crippen LogP contribution in [0.25, 0.3) is 0 Å². The van der Waals surface area contributed by atoms with Crippen molar-refractivity contribution in [1.29, 1.82) is 0 Å². The fourth-order valence-corrected chi connectivity index (χ4v) is 1.65. The summed E-state index contributed by atoms with van der Waals surface area (Å²) in [4.78, 5) is 17.0. The van der Waals surface area contributed by atoms with E-state index >= 15 is 0 Å². The number of nitrogens with one attached hydrogen (secondary N) is 1. The first-order chi connectivity index (χ1) is 10.2. The molecular formula is C16H17NO4. The fraction of sp³-hybridized carbons (Fsp3) is 0.188. The zero-order valence-electron chi connectivity index (χ0n) is 11.9. The normalized spacial score (nSPS) is 11.5. The molecule has 2 rings (SSSR count). The lowest BCUT2D eigenvalue weighted by Gasteiger charge is -2.15. The van der Waals surface area contributed by atoms with Crippen LogP contribution in [-0.4, -0.2) is 19.3 Å². The maximum Gasteiger partial charge on any atom is 0.274 e. The Morgan fingerprint density at radius 3 is 2.29 bits per heavy atom. The summed E-state index contributed by atoms with van der Waals surface area (Å²) in [6, 6.07) is 16.0. The molecule has 2 aromatic carbocycles. The van der Waals surface area contributed by atoms with E-state index in [1.165, 1.54) is 0 Å². The van der Waals surface area contributed by atoms with Crippen LogP contribution in [0.2, 0.25) is 0 Å². The average Bonchev–Trinajstić information content (AvgIpc) is 2.53. The smallest absolute Gasteiger partial charge is 0.274 e. The van der Waals surface area contributed by atoms with Crippen molar-refractivity contribution in [2.24, 2.45) is 0 Å². The number of amides is 1. The highest BCUT2D eigenvalue weighted by Gasteiger charge is 2.09. The number of carbonyl (C=O) groups excluding carboxylic acids is 1. The van der Waals surface area contributed by atoms with Crippen LogP contribution in [0.1, 0.15) is 17.3 Å². The van der Waals surface area contributed by atoms with Crippen LogP contribution in [-0.2, 0) is 4.84 Å². The zero-order valence-corrected chi connectivity index (χ0v) is 11.9. The Morgan fingerprint density at radius 1 is 1.00 bits per heavy atom. The van der Waals surface area contributed by atoms with Crippen LogP contribution in [0.5, 0.6) is 11.5 Å². The lowest BCUT2D eigenvalue weighted by atomic mass is 10.2. The number of carbonyl (C=O) groups is 1. The van der Waals surface area contributed by atoms with Crippen LogP contribution >= 0.6 is 0 Å². The van der Waals surface area contributed by atoms with E-state index in [4.69, 9.17) is 14.3 Å². The minimum absolute atomic E-state index is 0.346. The van der Waals surface area contributed by atoms with Gasteiger partial charge in [0, 0.05) is 12.5 Å². The van der Waals surface area contributed by atoms with E-state index in [0.29, 0.717) is 17.1 Å². The van der Waals surface area contributed by atoms with Gasteiger partial charge in [0.1, 0.15) is 11.5 Å². The highest BCUT2D eigenvalue weighted by Crippen LogP contribution is 2.12. The van der Waals surface area contributed by atoms with Gasteiger partial charge < -0.3 is 9.47 Å². The molecule has 0 heterocycles. The van der Waals surface area contributed by atoms with Crippen molar-refractivity contribution in [3.8, 4) is 11.5 Å². The topological polar surface area (TPSA) is 56.8 Å². The number of hydrogen-bond acceptors (Lipinski definition) is 4. The third-order valence-corrected chi connectivity index (χ3v) is 2.72. The first-order valence-electron chi connectivity index (χ1n) is 6.51. The molecule has 0 aliphatic rings. The summed E-state index contributed by atoms with van der Waals surface area (Å²) in [6.45, 7) is 1.70. The third kappa shape index (κ3) is 4.50. The molecule has 21 heavy (non-hydrogen) atoms. The van der Waals surface area contributed by atoms with Crippen LogP contribution < -0.4 is 15.0 Å². The minimum atomic E-state index is -0.602. The summed E-state index contributed by atoms with van der Waals surface area (Å²) >= 11 is 0. The number of methoxy groups -OCH3 is 1. The van der Waals surface area contributed by atoms with Crippen molar-refractivity contribution in [3.05, 3.63) is 60.2 Å². The Balaban J connectivity index is 1.82. The Hall–Kier alpha value is -2.53. The van der Waals surface area contributed by atoms with E-state index in [0.717, 1.165) is 0 Å². The van der Waals surface area contributed by atoms with Gasteiger partial charge in [0.05, 0.1) is 7.11 Å². The maximum absolute atomic E-state index is 11.9. The fourth-order valence-electron chi connectivity index (χ4n) is 1.65. The quantitative estimate of drug-likeness (QED) is 0.655. The molecule has 1 N–H and O–H groups in total. The molecule has 5 nitrogen and oxygen atoms in total. The second-order valence-electron chi connectivity index (χ2n) is 4.28. The van der Waals surface area contributed by atoms with Gasteiger partial charge in [-0.3, -0.25) is 4.79 Å². The molecule has 1 amide bonds. The van der Waals surface area contributed by atoms with Crippen molar-refractivity contribution < 1.29 is 19.1 Å². The second-order valence-corrected chi connectivity index (χ2v) is 4.28. The summed E-state index contributed by atoms with van der Waals surface area (Å²) in [5.74, 6) is 1.01. The number of ether oxygens (including phenoxy) is 2. The molecule has 2 aromatic rings. The van der Waals surface area contributed by atoms with Crippen LogP contribution in [0.15, 0.2) is 54.6 Å². The van der Waals surface area contributed by atoms with Gasteiger partial charge in [-0.25, -0.2) is 10.3 Å². The molecule has 0 fully saturated rings. The molecule has 0 spiro atoms. The van der Waals surface area contributed by atoms with Gasteiger partial charge in [0.25, 0.3) is 5.91 Å². The van der Waals surface area contributed by atoms with Gasteiger partial charge in [-0.2, -0.15) is 0 Å². The Morgan fingerprint density at radius 2 is 1.67 bits per heavy atom. The van der Waals surface area contributed by atoms with Gasteiger partial charge in [-0.05, 0) is 36.4 Å². The predicted molar refractivity (Wildman–Crippen MR) is 78.1 cm³/mol. The first-order valence-corrected chi connectivity index (χ1v) is 6.51. The van der Waals surface area contributed by atoms with E-state index in [2.05, 4.69) is 5.48 Å². The third-order valence-electron chi connectivity index (χ3n) is 2.72. The van der Waals surface area contributed by atoms with E-state index in [9.17, 15) is 4.79 Å². The van der Waals surface area contributed by atoms with Gasteiger partial charge in [0.2, 0.25) is 6.29 Å². The van der Waals surface area contributed by atoms with Crippen molar-refractivity contribution in [3.63, 3.8) is 0 Å². The number of hydrogen-bond donors (Lipinski definition) is 1. The van der Waals surface area contributed by atoms with E-state index in [-0.39, 0.29) is 5.91 Å². The monoisotopic (exact) mass is 287 g/mol. The van der Waals surface area contributed by atoms with Gasteiger partial charge in [-0.1, -0.05) is 18.2 Å². The van der Waals surface area contributed by atoms with E-state index in [1.54, 1.807) is 38.3 Å². The summed E-state index contributed by atoms with van der Waals surface area (Å²) < 4.78 is 10.5. The highest BCUT2D eigenvalue weighted by molar-refractivity contribution is 5.93. The van der Waals surface area contributed by atoms with E-state index < -0.39 is 6.29 Å². The molecule has 1 atom stereocenters. The molecule has 0 aromatic heterocycles. The zero-order chi connectivity index (χ0) is 15.1. The molecular weight excluding hydrogens is 270 g/mol. The molecule has 0 bridgehead atoms. The van der Waals surface area contributed by atoms with Gasteiger partial charge >= 0.3 is 0 Å². The molecule has 0 saturated heterocycles. The lowest BCUT2D eigenvalue weighted by molar-refractivity contribution is -0.105. The molecule has 110 valence electrons. The molecule has 0 radical (unpaired) electrons. The Labute approximate surface area is 123 Å². The molecule has 1 unspecified atom stereocenters. The van der Waals surface area contributed by atoms with E-state index in [1.807, 2.05) is 30.3 Å². The molecule has 5 heteroatoms. The molecule has 0 saturated carbocycles. The standard InChI is InChI=1S/C16H17NO4/c1-12(20-15-6-4-3-5-7-15)21-17-16(18)13-8-10-14(19-2)11-9-13/h3-12H,1-2H3,(H,17,18). The van der Waals surface area contributed by atoms with Crippen LogP contribution in [0.3, 0.4) is 0 Å². The van der Waals surface area contributed by atoms with Crippen molar-refractivity contribution in [2.45, 2.75) is 13.2 Å². The number of para-hydroxylation sites is 1. The first kappa shape index (κ1) is 14.9. The number of rotatable bonds is 6. The van der Waals surface area contributed by atoms with Crippen LogP contribution in [0.4, 0.5) is 0 Å². The predicted octanol–water partition coefficient (Wildman–Crippen LogP) is 2.78. The van der Waals surface area contributed by atoms with Crippen molar-refractivity contribution in [2.75, 3.05) is 7.11 Å². The summed E-state index contributed by atoms with van der Waals surface area (Å²) in [7, 11) is 1.57. The highest BCUT2D eigenvalue weighted by atomic mass is 16.8.